The van der Waals surface area contributed by atoms with E-state index >= 15 is 0 Å². The van der Waals surface area contributed by atoms with Crippen LogP contribution in [0.4, 0.5) is 0 Å². The maximum atomic E-state index is 11.6. The zero-order valence-corrected chi connectivity index (χ0v) is 11.2. The Morgan fingerprint density at radius 1 is 1.39 bits per heavy atom. The summed E-state index contributed by atoms with van der Waals surface area (Å²) < 4.78 is 0. The molecule has 0 aliphatic heterocycles. The molecule has 0 saturated heterocycles. The molecule has 1 atom stereocenters. The van der Waals surface area contributed by atoms with Gasteiger partial charge in [-0.2, -0.15) is 0 Å². The first-order valence-corrected chi connectivity index (χ1v) is 6.12. The van der Waals surface area contributed by atoms with Gasteiger partial charge in [0, 0.05) is 17.4 Å². The zero-order chi connectivity index (χ0) is 13.7. The lowest BCUT2D eigenvalue weighted by molar-refractivity contribution is -0.129. The fraction of sp³-hybridized carbons (Fsp3) is 0.385. The van der Waals surface area contributed by atoms with Crippen molar-refractivity contribution in [2.75, 3.05) is 0 Å². The third-order valence-corrected chi connectivity index (χ3v) is 2.75. The molecule has 0 saturated carbocycles. The van der Waals surface area contributed by atoms with Crippen LogP contribution in [0.25, 0.3) is 0 Å². The first kappa shape index (κ1) is 14.5. The highest BCUT2D eigenvalue weighted by Crippen LogP contribution is 2.12. The molecule has 0 heterocycles. The van der Waals surface area contributed by atoms with Crippen LogP contribution < -0.4 is 11.1 Å². The number of amides is 2. The minimum atomic E-state index is -0.710. The molecule has 0 aliphatic carbocycles. The minimum absolute atomic E-state index is 0.189. The van der Waals surface area contributed by atoms with E-state index in [1.165, 1.54) is 0 Å². The van der Waals surface area contributed by atoms with Crippen LogP contribution in [-0.4, -0.2) is 17.9 Å². The van der Waals surface area contributed by atoms with Crippen LogP contribution in [-0.2, 0) is 16.0 Å². The summed E-state index contributed by atoms with van der Waals surface area (Å²) in [5, 5.41) is 3.22. The first-order valence-electron chi connectivity index (χ1n) is 5.74. The number of hydrogen-bond donors (Lipinski definition) is 2. The lowest BCUT2D eigenvalue weighted by Gasteiger charge is -2.17. The molecule has 4 nitrogen and oxygen atoms in total. The predicted molar refractivity (Wildman–Crippen MR) is 71.1 cm³/mol. The van der Waals surface area contributed by atoms with Crippen LogP contribution in [0.3, 0.4) is 0 Å². The van der Waals surface area contributed by atoms with E-state index in [1.54, 1.807) is 32.0 Å². The van der Waals surface area contributed by atoms with Crippen molar-refractivity contribution in [3.63, 3.8) is 0 Å². The number of nitrogens with two attached hydrogens (primary N) is 1. The topological polar surface area (TPSA) is 72.2 Å². The molecule has 1 rings (SSSR count). The Bertz CT molecular complexity index is 446. The van der Waals surface area contributed by atoms with E-state index in [9.17, 15) is 9.59 Å². The van der Waals surface area contributed by atoms with Crippen molar-refractivity contribution in [1.82, 2.24) is 5.32 Å². The number of halogens is 1. The van der Waals surface area contributed by atoms with Gasteiger partial charge in [-0.3, -0.25) is 9.59 Å². The molecular formula is C13H17ClN2O2. The van der Waals surface area contributed by atoms with Gasteiger partial charge in [0.15, 0.2) is 0 Å². The number of hydrogen-bond acceptors (Lipinski definition) is 2. The molecule has 1 aromatic rings. The van der Waals surface area contributed by atoms with Gasteiger partial charge in [0.1, 0.15) is 6.04 Å². The maximum Gasteiger partial charge on any atom is 0.240 e. The molecule has 0 unspecified atom stereocenters. The molecule has 2 amide bonds. The Kier molecular flexibility index (Phi) is 5.16. The largest absolute Gasteiger partial charge is 0.368 e. The zero-order valence-electron chi connectivity index (χ0n) is 10.4. The van der Waals surface area contributed by atoms with Crippen LogP contribution in [0.5, 0.6) is 0 Å². The lowest BCUT2D eigenvalue weighted by atomic mass is 10.0. The van der Waals surface area contributed by atoms with E-state index < -0.39 is 11.9 Å². The molecule has 18 heavy (non-hydrogen) atoms. The third kappa shape index (κ3) is 4.37. The van der Waals surface area contributed by atoms with Crippen molar-refractivity contribution in [1.29, 1.82) is 0 Å². The van der Waals surface area contributed by atoms with E-state index in [-0.39, 0.29) is 11.8 Å². The summed E-state index contributed by atoms with van der Waals surface area (Å²) in [4.78, 5) is 22.9. The highest BCUT2D eigenvalue weighted by atomic mass is 35.5. The minimum Gasteiger partial charge on any atom is -0.368 e. The van der Waals surface area contributed by atoms with Crippen molar-refractivity contribution in [3.05, 3.63) is 34.9 Å². The van der Waals surface area contributed by atoms with Gasteiger partial charge in [-0.05, 0) is 17.7 Å². The highest BCUT2D eigenvalue weighted by Gasteiger charge is 2.20. The summed E-state index contributed by atoms with van der Waals surface area (Å²) in [5.41, 5.74) is 6.14. The molecule has 5 heteroatoms. The summed E-state index contributed by atoms with van der Waals surface area (Å²) in [7, 11) is 0. The average Bonchev–Trinajstić information content (AvgIpc) is 2.27. The first-order chi connectivity index (χ1) is 8.40. The predicted octanol–water partition coefficient (Wildman–Crippen LogP) is 1.51. The fourth-order valence-electron chi connectivity index (χ4n) is 1.46. The molecular weight excluding hydrogens is 252 g/mol. The van der Waals surface area contributed by atoms with E-state index in [4.69, 9.17) is 17.3 Å². The Morgan fingerprint density at radius 2 is 2.06 bits per heavy atom. The normalized spacial score (nSPS) is 12.2. The number of carbonyl (C=O) groups excluding carboxylic acids is 2. The molecule has 0 aliphatic rings. The average molecular weight is 269 g/mol. The molecule has 0 spiro atoms. The van der Waals surface area contributed by atoms with E-state index in [1.807, 2.05) is 6.07 Å². The number of rotatable bonds is 5. The second kappa shape index (κ2) is 6.40. The van der Waals surface area contributed by atoms with Gasteiger partial charge in [0.05, 0.1) is 0 Å². The van der Waals surface area contributed by atoms with Crippen molar-refractivity contribution >= 4 is 23.4 Å². The molecule has 0 fully saturated rings. The van der Waals surface area contributed by atoms with Crippen LogP contribution in [0.15, 0.2) is 24.3 Å². The second-order valence-electron chi connectivity index (χ2n) is 4.45. The van der Waals surface area contributed by atoms with Gasteiger partial charge >= 0.3 is 0 Å². The van der Waals surface area contributed by atoms with Gasteiger partial charge < -0.3 is 11.1 Å². The maximum absolute atomic E-state index is 11.6. The van der Waals surface area contributed by atoms with Gasteiger partial charge in [0.25, 0.3) is 0 Å². The molecule has 0 aromatic heterocycles. The summed E-state index contributed by atoms with van der Waals surface area (Å²) in [5.74, 6) is -0.934. The van der Waals surface area contributed by atoms with E-state index in [2.05, 4.69) is 5.32 Å². The van der Waals surface area contributed by atoms with Crippen molar-refractivity contribution < 1.29 is 9.59 Å². The van der Waals surface area contributed by atoms with Crippen molar-refractivity contribution in [2.45, 2.75) is 26.3 Å². The fourth-order valence-corrected chi connectivity index (χ4v) is 1.67. The highest BCUT2D eigenvalue weighted by molar-refractivity contribution is 6.30. The van der Waals surface area contributed by atoms with Crippen molar-refractivity contribution in [3.8, 4) is 0 Å². The van der Waals surface area contributed by atoms with Crippen LogP contribution in [0.2, 0.25) is 5.02 Å². The van der Waals surface area contributed by atoms with Gasteiger partial charge in [-0.15, -0.1) is 0 Å². The molecule has 3 N–H and O–H groups in total. The summed E-state index contributed by atoms with van der Waals surface area (Å²) in [6.45, 7) is 3.51. The lowest BCUT2D eigenvalue weighted by Crippen LogP contribution is -2.47. The standard InChI is InChI=1S/C13H17ClN2O2/c1-8(2)13(18)16-11(12(15)17)7-9-4-3-5-10(14)6-9/h3-6,8,11H,7H2,1-2H3,(H2,15,17)(H,16,18)/t11-/m1/s1. The van der Waals surface area contributed by atoms with E-state index in [0.717, 1.165) is 5.56 Å². The summed E-state index contributed by atoms with van der Waals surface area (Å²) >= 11 is 5.86. The number of benzene rings is 1. The van der Waals surface area contributed by atoms with Gasteiger partial charge in [-0.25, -0.2) is 0 Å². The smallest absolute Gasteiger partial charge is 0.240 e. The molecule has 1 aromatic carbocycles. The monoisotopic (exact) mass is 268 g/mol. The Labute approximate surface area is 112 Å². The van der Waals surface area contributed by atoms with E-state index in [0.29, 0.717) is 11.4 Å². The second-order valence-corrected chi connectivity index (χ2v) is 4.89. The summed E-state index contributed by atoms with van der Waals surface area (Å²) in [6.07, 6.45) is 0.342. The Balaban J connectivity index is 2.75. The van der Waals surface area contributed by atoms with Gasteiger partial charge in [-0.1, -0.05) is 37.6 Å². The number of carbonyl (C=O) groups is 2. The SMILES string of the molecule is CC(C)C(=O)N[C@H](Cc1cccc(Cl)c1)C(N)=O. The third-order valence-electron chi connectivity index (χ3n) is 2.51. The van der Waals surface area contributed by atoms with Crippen LogP contribution >= 0.6 is 11.6 Å². The number of primary amides is 1. The van der Waals surface area contributed by atoms with Crippen molar-refractivity contribution in [2.24, 2.45) is 11.7 Å². The molecule has 0 bridgehead atoms. The van der Waals surface area contributed by atoms with Crippen LogP contribution in [0.1, 0.15) is 19.4 Å². The summed E-state index contributed by atoms with van der Waals surface area (Å²) in [6, 6.07) is 6.41. The molecule has 0 radical (unpaired) electrons. The Hall–Kier alpha value is -1.55. The quantitative estimate of drug-likeness (QED) is 0.850. The number of nitrogens with one attached hydrogen (secondary N) is 1. The van der Waals surface area contributed by atoms with Crippen LogP contribution in [0, 0.1) is 5.92 Å². The molecule has 98 valence electrons. The van der Waals surface area contributed by atoms with Gasteiger partial charge in [0.2, 0.25) is 11.8 Å². The Morgan fingerprint density at radius 3 is 2.56 bits per heavy atom.